The Morgan fingerprint density at radius 2 is 0.982 bits per heavy atom. The van der Waals surface area contributed by atoms with Crippen LogP contribution in [0.2, 0.25) is 0 Å². The number of fused-ring (bicyclic) bond motifs is 7. The van der Waals surface area contributed by atoms with Gasteiger partial charge < -0.3 is 4.90 Å². The second kappa shape index (κ2) is 13.6. The van der Waals surface area contributed by atoms with Gasteiger partial charge >= 0.3 is 0 Å². The van der Waals surface area contributed by atoms with E-state index in [1.54, 1.807) is 0 Å². The Kier molecular flexibility index (Phi) is 7.94. The second-order valence-electron chi connectivity index (χ2n) is 14.7. The number of aromatic nitrogens is 1. The highest BCUT2D eigenvalue weighted by Gasteiger charge is 2.47. The van der Waals surface area contributed by atoms with Gasteiger partial charge in [0.05, 0.1) is 11.1 Å². The fourth-order valence-electron chi connectivity index (χ4n) is 9.07. The van der Waals surface area contributed by atoms with E-state index in [0.717, 1.165) is 28.3 Å². The van der Waals surface area contributed by atoms with Crippen LogP contribution in [0.1, 0.15) is 22.3 Å². The SMILES string of the molecule is c1ccc(-c2ccc(N(c3ccc(-c4ccccn4)cc3)c3ccc(C4(c5ccccc5)c5ccccc5-c5c4ccc4c5sc5ccccc54)cc3)cc2)cc1. The molecule has 1 atom stereocenters. The third-order valence-electron chi connectivity index (χ3n) is 11.6. The fourth-order valence-corrected chi connectivity index (χ4v) is 10.3. The first kappa shape index (κ1) is 33.3. The molecule has 0 aliphatic heterocycles. The highest BCUT2D eigenvalue weighted by atomic mass is 32.1. The lowest BCUT2D eigenvalue weighted by molar-refractivity contribution is 0.769. The number of hydrogen-bond donors (Lipinski definition) is 0. The highest BCUT2D eigenvalue weighted by molar-refractivity contribution is 7.26. The predicted molar refractivity (Wildman–Crippen MR) is 240 cm³/mol. The van der Waals surface area contributed by atoms with Crippen LogP contribution in [0.5, 0.6) is 0 Å². The molecule has 0 saturated heterocycles. The molecule has 11 rings (SSSR count). The molecule has 0 fully saturated rings. The highest BCUT2D eigenvalue weighted by Crippen LogP contribution is 2.59. The summed E-state index contributed by atoms with van der Waals surface area (Å²) in [5, 5.41) is 2.65. The molecule has 0 saturated carbocycles. The Labute approximate surface area is 336 Å². The monoisotopic (exact) mass is 744 g/mol. The Balaban J connectivity index is 1.08. The molecule has 0 bridgehead atoms. The molecular weight excluding hydrogens is 709 g/mol. The van der Waals surface area contributed by atoms with Gasteiger partial charge in [-0.15, -0.1) is 11.3 Å². The third-order valence-corrected chi connectivity index (χ3v) is 12.8. The predicted octanol–water partition coefficient (Wildman–Crippen LogP) is 14.6. The van der Waals surface area contributed by atoms with Gasteiger partial charge in [0, 0.05) is 54.6 Å². The molecule has 2 aromatic heterocycles. The van der Waals surface area contributed by atoms with Gasteiger partial charge in [-0.2, -0.15) is 0 Å². The van der Waals surface area contributed by atoms with Gasteiger partial charge in [0.25, 0.3) is 0 Å². The second-order valence-corrected chi connectivity index (χ2v) is 15.7. The van der Waals surface area contributed by atoms with Crippen molar-refractivity contribution >= 4 is 48.6 Å². The van der Waals surface area contributed by atoms with Crippen molar-refractivity contribution in [3.63, 3.8) is 0 Å². The van der Waals surface area contributed by atoms with E-state index in [2.05, 4.69) is 210 Å². The van der Waals surface area contributed by atoms with Crippen LogP contribution in [0.3, 0.4) is 0 Å². The molecule has 268 valence electrons. The molecule has 1 aliphatic carbocycles. The fraction of sp³-hybridized carbons (Fsp3) is 0.0185. The largest absolute Gasteiger partial charge is 0.311 e. The average molecular weight is 745 g/mol. The van der Waals surface area contributed by atoms with Crippen LogP contribution in [0.15, 0.2) is 219 Å². The van der Waals surface area contributed by atoms with E-state index in [9.17, 15) is 0 Å². The van der Waals surface area contributed by atoms with Crippen molar-refractivity contribution in [2.45, 2.75) is 5.41 Å². The summed E-state index contributed by atoms with van der Waals surface area (Å²) in [6.45, 7) is 0. The minimum atomic E-state index is -0.497. The van der Waals surface area contributed by atoms with Crippen LogP contribution in [0.25, 0.3) is 53.7 Å². The summed E-state index contributed by atoms with van der Waals surface area (Å²) in [6.07, 6.45) is 1.85. The number of nitrogens with zero attached hydrogens (tertiary/aromatic N) is 2. The van der Waals surface area contributed by atoms with Crippen molar-refractivity contribution in [2.24, 2.45) is 0 Å². The third kappa shape index (κ3) is 5.35. The van der Waals surface area contributed by atoms with Gasteiger partial charge in [-0.25, -0.2) is 0 Å². The summed E-state index contributed by atoms with van der Waals surface area (Å²) < 4.78 is 2.68. The van der Waals surface area contributed by atoms with Gasteiger partial charge in [0.2, 0.25) is 0 Å². The quantitative estimate of drug-likeness (QED) is 0.162. The summed E-state index contributed by atoms with van der Waals surface area (Å²) in [4.78, 5) is 6.96. The van der Waals surface area contributed by atoms with Crippen molar-refractivity contribution in [2.75, 3.05) is 4.90 Å². The topological polar surface area (TPSA) is 16.1 Å². The normalized spacial score (nSPS) is 14.4. The lowest BCUT2D eigenvalue weighted by Gasteiger charge is -2.34. The van der Waals surface area contributed by atoms with Crippen molar-refractivity contribution in [1.29, 1.82) is 0 Å². The van der Waals surface area contributed by atoms with Crippen molar-refractivity contribution in [3.05, 3.63) is 241 Å². The minimum Gasteiger partial charge on any atom is -0.311 e. The molecule has 57 heavy (non-hydrogen) atoms. The number of benzene rings is 8. The van der Waals surface area contributed by atoms with Crippen molar-refractivity contribution in [3.8, 4) is 33.5 Å². The zero-order valence-electron chi connectivity index (χ0n) is 31.1. The summed E-state index contributed by atoms with van der Waals surface area (Å²) in [7, 11) is 0. The Hall–Kier alpha value is -7.07. The lowest BCUT2D eigenvalue weighted by Crippen LogP contribution is -2.28. The summed E-state index contributed by atoms with van der Waals surface area (Å²) in [6, 6.07) is 77.3. The molecule has 2 heterocycles. The number of pyridine rings is 1. The first-order valence-corrected chi connectivity index (χ1v) is 20.3. The van der Waals surface area contributed by atoms with Gasteiger partial charge in [0.1, 0.15) is 0 Å². The average Bonchev–Trinajstić information content (AvgIpc) is 3.82. The summed E-state index contributed by atoms with van der Waals surface area (Å²) >= 11 is 1.91. The molecule has 1 aliphatic rings. The van der Waals surface area contributed by atoms with Crippen LogP contribution < -0.4 is 4.90 Å². The maximum absolute atomic E-state index is 4.60. The molecular formula is C54H36N2S. The van der Waals surface area contributed by atoms with Crippen LogP contribution >= 0.6 is 11.3 Å². The zero-order valence-corrected chi connectivity index (χ0v) is 31.9. The molecule has 3 heteroatoms. The van der Waals surface area contributed by atoms with Crippen molar-refractivity contribution < 1.29 is 0 Å². The number of thiophene rings is 1. The van der Waals surface area contributed by atoms with E-state index < -0.39 is 5.41 Å². The van der Waals surface area contributed by atoms with Crippen LogP contribution in [-0.2, 0) is 5.41 Å². The smallest absolute Gasteiger partial charge is 0.0714 e. The Morgan fingerprint density at radius 3 is 1.70 bits per heavy atom. The molecule has 10 aromatic rings. The Morgan fingerprint density at radius 1 is 0.404 bits per heavy atom. The number of rotatable bonds is 7. The van der Waals surface area contributed by atoms with Crippen molar-refractivity contribution in [1.82, 2.24) is 4.98 Å². The van der Waals surface area contributed by atoms with Crippen LogP contribution in [0, 0.1) is 0 Å². The molecule has 1 unspecified atom stereocenters. The first-order valence-electron chi connectivity index (χ1n) is 19.5. The number of hydrogen-bond acceptors (Lipinski definition) is 3. The molecule has 0 N–H and O–H groups in total. The van der Waals surface area contributed by atoms with Crippen LogP contribution in [-0.4, -0.2) is 4.98 Å². The summed E-state index contributed by atoms with van der Waals surface area (Å²) in [5.74, 6) is 0. The molecule has 0 spiro atoms. The van der Waals surface area contributed by atoms with Gasteiger partial charge in [-0.3, -0.25) is 4.98 Å². The van der Waals surface area contributed by atoms with E-state index in [1.807, 2.05) is 29.7 Å². The first-order chi connectivity index (χ1) is 28.3. The summed E-state index contributed by atoms with van der Waals surface area (Å²) in [5.41, 5.74) is 15.0. The van der Waals surface area contributed by atoms with Gasteiger partial charge in [-0.1, -0.05) is 158 Å². The van der Waals surface area contributed by atoms with Gasteiger partial charge in [-0.05, 0) is 93.5 Å². The molecule has 0 amide bonds. The van der Waals surface area contributed by atoms with Gasteiger partial charge in [0.15, 0.2) is 0 Å². The standard InChI is InChI=1S/C54H36N2S/c1-3-13-37(14-4-1)38-22-28-42(29-23-38)56(43-30-24-39(25-31-43)50-20-11-12-36-55-50)44-32-26-41(27-33-44)54(40-15-5-2-6-16-40)48-19-9-7-18-47(48)52-49(54)35-34-46-45-17-8-10-21-51(45)57-53(46)52/h1-36H. The molecule has 0 radical (unpaired) electrons. The number of anilines is 3. The molecule has 2 nitrogen and oxygen atoms in total. The lowest BCUT2D eigenvalue weighted by atomic mass is 9.67. The minimum absolute atomic E-state index is 0.497. The Bertz CT molecular complexity index is 2940. The van der Waals surface area contributed by atoms with E-state index >= 15 is 0 Å². The maximum atomic E-state index is 4.60. The zero-order chi connectivity index (χ0) is 37.8. The van der Waals surface area contributed by atoms with E-state index in [-0.39, 0.29) is 0 Å². The maximum Gasteiger partial charge on any atom is 0.0714 e. The molecule has 8 aromatic carbocycles. The van der Waals surface area contributed by atoms with E-state index in [4.69, 9.17) is 0 Å². The van der Waals surface area contributed by atoms with Crippen LogP contribution in [0.4, 0.5) is 17.1 Å². The van der Waals surface area contributed by atoms with E-state index in [0.29, 0.717) is 0 Å². The van der Waals surface area contributed by atoms with E-state index in [1.165, 1.54) is 64.7 Å².